The van der Waals surface area contributed by atoms with Crippen LogP contribution in [-0.2, 0) is 22.7 Å². The van der Waals surface area contributed by atoms with Gasteiger partial charge in [0.15, 0.2) is 0 Å². The van der Waals surface area contributed by atoms with Gasteiger partial charge in [-0.05, 0) is 78.8 Å². The van der Waals surface area contributed by atoms with Crippen LogP contribution in [0.15, 0.2) is 56.9 Å². The Morgan fingerprint density at radius 3 is 2.56 bits per heavy atom. The standard InChI is InChI=1S/C35H46N4O3S/c1-7-8-15-31-36-35(18-11-12-19-35)33(40)39(31)21-26-16-17-28(27(20-26)22-41-23-34(4,5)6)29-13-9-10-14-30(29)43-38-32-24(2)25(3)37-42-32/h9-10,13-14,16-17,20,38H,7-8,11-12,15,18-19,21-23H2,1-6H3. The molecule has 0 unspecified atom stereocenters. The van der Waals surface area contributed by atoms with Crippen molar-refractivity contribution >= 4 is 29.6 Å². The summed E-state index contributed by atoms with van der Waals surface area (Å²) in [5.74, 6) is 1.82. The van der Waals surface area contributed by atoms with Gasteiger partial charge in [0, 0.05) is 16.9 Å². The van der Waals surface area contributed by atoms with Crippen molar-refractivity contribution < 1.29 is 14.1 Å². The summed E-state index contributed by atoms with van der Waals surface area (Å²) in [6.45, 7) is 14.4. The predicted molar refractivity (Wildman–Crippen MR) is 175 cm³/mol. The molecule has 1 amide bonds. The van der Waals surface area contributed by atoms with Crippen molar-refractivity contribution in [3.05, 3.63) is 64.8 Å². The second-order valence-electron chi connectivity index (χ2n) is 13.2. The molecule has 0 bridgehead atoms. The first-order valence-corrected chi connectivity index (χ1v) is 16.5. The number of rotatable bonds is 12. The van der Waals surface area contributed by atoms with Crippen LogP contribution in [0.3, 0.4) is 0 Å². The molecule has 5 rings (SSSR count). The molecule has 2 aliphatic rings. The fourth-order valence-corrected chi connectivity index (χ4v) is 6.69. The Morgan fingerprint density at radius 1 is 1.09 bits per heavy atom. The van der Waals surface area contributed by atoms with E-state index in [9.17, 15) is 4.79 Å². The zero-order chi connectivity index (χ0) is 30.6. The fourth-order valence-electron chi connectivity index (χ4n) is 5.87. The molecule has 1 fully saturated rings. The summed E-state index contributed by atoms with van der Waals surface area (Å²) in [7, 11) is 0. The maximum atomic E-state index is 13.8. The molecule has 2 aromatic carbocycles. The number of aryl methyl sites for hydroxylation is 1. The molecule has 1 aliphatic carbocycles. The van der Waals surface area contributed by atoms with Crippen LogP contribution < -0.4 is 4.72 Å². The molecule has 1 aromatic heterocycles. The second kappa shape index (κ2) is 13.3. The van der Waals surface area contributed by atoms with Crippen LogP contribution in [0.2, 0.25) is 0 Å². The van der Waals surface area contributed by atoms with E-state index in [0.29, 0.717) is 25.6 Å². The number of ether oxygens (including phenoxy) is 1. The first-order chi connectivity index (χ1) is 20.6. The van der Waals surface area contributed by atoms with Crippen molar-refractivity contribution in [2.24, 2.45) is 10.4 Å². The lowest BCUT2D eigenvalue weighted by Crippen LogP contribution is -2.40. The van der Waals surface area contributed by atoms with E-state index in [0.717, 1.165) is 89.2 Å². The lowest BCUT2D eigenvalue weighted by molar-refractivity contribution is -0.131. The molecule has 2 heterocycles. The highest BCUT2D eigenvalue weighted by Crippen LogP contribution is 2.41. The topological polar surface area (TPSA) is 80.0 Å². The Labute approximate surface area is 261 Å². The van der Waals surface area contributed by atoms with Gasteiger partial charge in [-0.3, -0.25) is 19.4 Å². The van der Waals surface area contributed by atoms with E-state index in [4.69, 9.17) is 14.3 Å². The number of amidine groups is 1. The van der Waals surface area contributed by atoms with Crippen molar-refractivity contribution in [3.8, 4) is 11.1 Å². The number of nitrogens with zero attached hydrogens (tertiary/aromatic N) is 3. The van der Waals surface area contributed by atoms with E-state index in [2.05, 4.69) is 74.0 Å². The van der Waals surface area contributed by atoms with Crippen LogP contribution in [0.5, 0.6) is 0 Å². The minimum Gasteiger partial charge on any atom is -0.376 e. The number of unbranched alkanes of at least 4 members (excludes halogenated alkanes) is 1. The highest BCUT2D eigenvalue weighted by molar-refractivity contribution is 8.00. The quantitative estimate of drug-likeness (QED) is 0.209. The molecule has 0 radical (unpaired) electrons. The average Bonchev–Trinajstić information content (AvgIpc) is 3.65. The van der Waals surface area contributed by atoms with Crippen LogP contribution in [0, 0.1) is 19.3 Å². The molecule has 8 heteroatoms. The van der Waals surface area contributed by atoms with Gasteiger partial charge in [0.05, 0.1) is 25.5 Å². The predicted octanol–water partition coefficient (Wildman–Crippen LogP) is 8.88. The Kier molecular flexibility index (Phi) is 9.67. The maximum Gasteiger partial charge on any atom is 0.256 e. The number of carbonyl (C=O) groups is 1. The Hall–Kier alpha value is -3.10. The molecular weight excluding hydrogens is 556 g/mol. The minimum atomic E-state index is -0.523. The van der Waals surface area contributed by atoms with E-state index in [-0.39, 0.29) is 11.3 Å². The summed E-state index contributed by atoms with van der Waals surface area (Å²) in [4.78, 5) is 21.9. The highest BCUT2D eigenvalue weighted by Gasteiger charge is 2.49. The molecule has 3 aromatic rings. The summed E-state index contributed by atoms with van der Waals surface area (Å²) in [5, 5.41) is 4.07. The molecule has 1 spiro atoms. The van der Waals surface area contributed by atoms with Gasteiger partial charge in [-0.1, -0.05) is 88.5 Å². The lowest BCUT2D eigenvalue weighted by Gasteiger charge is -2.24. The summed E-state index contributed by atoms with van der Waals surface area (Å²) in [6.07, 6.45) is 6.88. The molecular formula is C35H46N4O3S. The molecule has 1 N–H and O–H groups in total. The first kappa shape index (κ1) is 31.3. The number of hydrogen-bond acceptors (Lipinski definition) is 7. The van der Waals surface area contributed by atoms with Crippen LogP contribution in [0.4, 0.5) is 5.88 Å². The Balaban J connectivity index is 1.44. The molecule has 1 saturated carbocycles. The average molecular weight is 603 g/mol. The van der Waals surface area contributed by atoms with Gasteiger partial charge in [-0.25, -0.2) is 0 Å². The van der Waals surface area contributed by atoms with Gasteiger partial charge in [-0.15, -0.1) is 0 Å². The maximum absolute atomic E-state index is 13.8. The van der Waals surface area contributed by atoms with E-state index in [1.54, 1.807) is 0 Å². The molecule has 7 nitrogen and oxygen atoms in total. The number of anilines is 1. The van der Waals surface area contributed by atoms with Gasteiger partial charge in [0.2, 0.25) is 5.88 Å². The number of carbonyl (C=O) groups excluding carboxylic acids is 1. The van der Waals surface area contributed by atoms with Crippen molar-refractivity contribution in [2.45, 2.75) is 110 Å². The molecule has 0 saturated heterocycles. The number of aliphatic imine (C=N–C) groups is 1. The SMILES string of the molecule is CCCCC1=NC2(CCCC2)C(=O)N1Cc1ccc(-c2ccccc2SNc2onc(C)c2C)c(COCC(C)(C)C)c1. The van der Waals surface area contributed by atoms with Gasteiger partial charge in [0.1, 0.15) is 11.4 Å². The highest BCUT2D eigenvalue weighted by atomic mass is 32.2. The van der Waals surface area contributed by atoms with Gasteiger partial charge in [0.25, 0.3) is 5.91 Å². The fraction of sp³-hybridized carbons (Fsp3) is 0.514. The summed E-state index contributed by atoms with van der Waals surface area (Å²) in [6, 6.07) is 14.9. The molecule has 43 heavy (non-hydrogen) atoms. The third-order valence-electron chi connectivity index (χ3n) is 8.37. The molecule has 1 aliphatic heterocycles. The molecule has 0 atom stereocenters. The first-order valence-electron chi connectivity index (χ1n) is 15.7. The largest absolute Gasteiger partial charge is 0.376 e. The monoisotopic (exact) mass is 602 g/mol. The third kappa shape index (κ3) is 7.18. The zero-order valence-electron chi connectivity index (χ0n) is 26.6. The minimum absolute atomic E-state index is 0.0603. The normalized spacial score (nSPS) is 16.4. The second-order valence-corrected chi connectivity index (χ2v) is 14.1. The van der Waals surface area contributed by atoms with Crippen molar-refractivity contribution in [1.82, 2.24) is 10.1 Å². The van der Waals surface area contributed by atoms with Crippen molar-refractivity contribution in [2.75, 3.05) is 11.3 Å². The van der Waals surface area contributed by atoms with Gasteiger partial charge >= 0.3 is 0 Å². The van der Waals surface area contributed by atoms with Gasteiger partial charge < -0.3 is 9.26 Å². The van der Waals surface area contributed by atoms with E-state index >= 15 is 0 Å². The van der Waals surface area contributed by atoms with Crippen LogP contribution in [0.1, 0.15) is 95.0 Å². The third-order valence-corrected chi connectivity index (χ3v) is 9.24. The van der Waals surface area contributed by atoms with Gasteiger partial charge in [-0.2, -0.15) is 0 Å². The van der Waals surface area contributed by atoms with Crippen LogP contribution in [-0.4, -0.2) is 33.9 Å². The van der Waals surface area contributed by atoms with Crippen LogP contribution in [0.25, 0.3) is 11.1 Å². The Bertz CT molecular complexity index is 1470. The summed E-state index contributed by atoms with van der Waals surface area (Å²) in [5.41, 5.74) is 5.86. The number of aromatic nitrogens is 1. The van der Waals surface area contributed by atoms with E-state index in [1.807, 2.05) is 24.8 Å². The molecule has 230 valence electrons. The number of nitrogens with one attached hydrogen (secondary N) is 1. The number of amides is 1. The number of benzene rings is 2. The number of hydrogen-bond donors (Lipinski definition) is 1. The smallest absolute Gasteiger partial charge is 0.256 e. The Morgan fingerprint density at radius 2 is 1.86 bits per heavy atom. The van der Waals surface area contributed by atoms with Crippen molar-refractivity contribution in [1.29, 1.82) is 0 Å². The zero-order valence-corrected chi connectivity index (χ0v) is 27.4. The van der Waals surface area contributed by atoms with Crippen molar-refractivity contribution in [3.63, 3.8) is 0 Å². The van der Waals surface area contributed by atoms with E-state index in [1.165, 1.54) is 11.9 Å². The van der Waals surface area contributed by atoms with Crippen LogP contribution >= 0.6 is 11.9 Å². The summed E-state index contributed by atoms with van der Waals surface area (Å²) >= 11 is 1.52. The summed E-state index contributed by atoms with van der Waals surface area (Å²) < 4.78 is 15.1. The lowest BCUT2D eigenvalue weighted by atomic mass is 9.96. The van der Waals surface area contributed by atoms with E-state index < -0.39 is 5.54 Å².